The molecule has 4 rings (SSSR count). The fourth-order valence-electron chi connectivity index (χ4n) is 5.22. The second-order valence-corrected chi connectivity index (χ2v) is 8.39. The topological polar surface area (TPSA) is 74.6 Å². The third kappa shape index (κ3) is 3.12. The number of carbonyl (C=O) groups excluding carboxylic acids is 1. The highest BCUT2D eigenvalue weighted by atomic mass is 19.4. The fraction of sp³-hybridized carbons (Fsp3) is 0.391. The Morgan fingerprint density at radius 1 is 1.13 bits per heavy atom. The average molecular weight is 418 g/mol. The molecule has 158 valence electrons. The lowest BCUT2D eigenvalue weighted by Gasteiger charge is -2.52. The molecule has 2 aliphatic carbocycles. The molecule has 0 heterocycles. The quantitative estimate of drug-likeness (QED) is 0.788. The van der Waals surface area contributed by atoms with Gasteiger partial charge in [-0.3, -0.25) is 4.79 Å². The van der Waals surface area contributed by atoms with Crippen LogP contribution in [0.2, 0.25) is 0 Å². The lowest BCUT2D eigenvalue weighted by molar-refractivity contribution is -0.263. The van der Waals surface area contributed by atoms with E-state index in [4.69, 9.17) is 0 Å². The number of halogens is 3. The molecule has 0 aromatic heterocycles. The van der Waals surface area contributed by atoms with Gasteiger partial charge in [0.2, 0.25) is 5.60 Å². The van der Waals surface area contributed by atoms with E-state index in [2.05, 4.69) is 0 Å². The summed E-state index contributed by atoms with van der Waals surface area (Å²) in [6.07, 6.45) is -5.06. The average Bonchev–Trinajstić information content (AvgIpc) is 2.69. The number of rotatable bonds is 3. The molecule has 0 aliphatic heterocycles. The molecule has 2 aliphatic rings. The van der Waals surface area contributed by atoms with E-state index in [1.54, 1.807) is 12.1 Å². The maximum absolute atomic E-state index is 13.6. The summed E-state index contributed by atoms with van der Waals surface area (Å²) >= 11 is 0. The molecule has 2 aromatic carbocycles. The predicted molar refractivity (Wildman–Crippen MR) is 102 cm³/mol. The molecule has 30 heavy (non-hydrogen) atoms. The van der Waals surface area contributed by atoms with E-state index in [1.807, 2.05) is 30.3 Å². The van der Waals surface area contributed by atoms with E-state index >= 15 is 0 Å². The van der Waals surface area contributed by atoms with Crippen molar-refractivity contribution in [2.75, 3.05) is 0 Å². The summed E-state index contributed by atoms with van der Waals surface area (Å²) in [5.41, 5.74) is -1.81. The van der Waals surface area contributed by atoms with E-state index in [0.29, 0.717) is 24.8 Å². The molecule has 3 atom stereocenters. The van der Waals surface area contributed by atoms with Gasteiger partial charge in [-0.2, -0.15) is 13.2 Å². The number of aliphatic hydroxyl groups is 1. The molecule has 2 N–H and O–H groups in total. The largest absolute Gasteiger partial charge is 0.478 e. The Bertz CT molecular complexity index is 1000. The molecule has 7 heteroatoms. The van der Waals surface area contributed by atoms with Crippen LogP contribution in [-0.2, 0) is 23.1 Å². The predicted octanol–water partition coefficient (Wildman–Crippen LogP) is 4.08. The Morgan fingerprint density at radius 3 is 2.47 bits per heavy atom. The third-order valence-corrected chi connectivity index (χ3v) is 6.74. The van der Waals surface area contributed by atoms with Crippen LogP contribution in [0.15, 0.2) is 48.5 Å². The van der Waals surface area contributed by atoms with Crippen molar-refractivity contribution in [3.8, 4) is 0 Å². The van der Waals surface area contributed by atoms with Crippen LogP contribution >= 0.6 is 0 Å². The molecule has 4 nitrogen and oxygen atoms in total. The van der Waals surface area contributed by atoms with Crippen molar-refractivity contribution in [2.24, 2.45) is 5.92 Å². The molecule has 0 saturated heterocycles. The van der Waals surface area contributed by atoms with E-state index in [-0.39, 0.29) is 5.56 Å². The van der Waals surface area contributed by atoms with Crippen LogP contribution in [-0.4, -0.2) is 33.7 Å². The monoisotopic (exact) mass is 418 g/mol. The first-order valence-corrected chi connectivity index (χ1v) is 9.80. The number of carbonyl (C=O) groups is 2. The van der Waals surface area contributed by atoms with E-state index < -0.39 is 47.7 Å². The molecule has 0 spiro atoms. The van der Waals surface area contributed by atoms with Gasteiger partial charge in [-0.1, -0.05) is 36.4 Å². The Kier molecular flexibility index (Phi) is 4.77. The number of hydrogen-bond donors (Lipinski definition) is 2. The van der Waals surface area contributed by atoms with Crippen molar-refractivity contribution in [2.45, 2.75) is 49.3 Å². The first-order chi connectivity index (χ1) is 14.1. The molecule has 1 fully saturated rings. The third-order valence-electron chi connectivity index (χ3n) is 6.74. The molecule has 3 unspecified atom stereocenters. The van der Waals surface area contributed by atoms with Gasteiger partial charge in [0, 0.05) is 11.8 Å². The van der Waals surface area contributed by atoms with Crippen LogP contribution in [0.4, 0.5) is 13.2 Å². The SMILES string of the molecule is O=C(O)c1ccc2c(c1)CCC1CC(O)(C(F)(F)F)C(=O)CC21Cc1ccccc1. The van der Waals surface area contributed by atoms with Crippen LogP contribution in [0.3, 0.4) is 0 Å². The van der Waals surface area contributed by atoms with Crippen LogP contribution in [0.1, 0.15) is 46.3 Å². The Balaban J connectivity index is 1.85. The lowest BCUT2D eigenvalue weighted by atomic mass is 9.52. The normalized spacial score (nSPS) is 28.5. The fourth-order valence-corrected chi connectivity index (χ4v) is 5.22. The summed E-state index contributed by atoms with van der Waals surface area (Å²) < 4.78 is 40.8. The highest BCUT2D eigenvalue weighted by Crippen LogP contribution is 2.55. The van der Waals surface area contributed by atoms with Gasteiger partial charge >= 0.3 is 12.1 Å². The molecule has 2 aromatic rings. The number of carboxylic acid groups (broad SMARTS) is 1. The van der Waals surface area contributed by atoms with Gasteiger partial charge in [-0.15, -0.1) is 0 Å². The minimum absolute atomic E-state index is 0.107. The zero-order chi connectivity index (χ0) is 21.7. The Hall–Kier alpha value is -2.67. The summed E-state index contributed by atoms with van der Waals surface area (Å²) in [5, 5.41) is 19.6. The van der Waals surface area contributed by atoms with Gasteiger partial charge in [0.25, 0.3) is 0 Å². The number of aromatic carboxylic acids is 1. The second-order valence-electron chi connectivity index (χ2n) is 8.39. The molecular formula is C23H21F3O4. The molecule has 0 bridgehead atoms. The summed E-state index contributed by atoms with van der Waals surface area (Å²) in [7, 11) is 0. The number of ketones is 1. The summed E-state index contributed by atoms with van der Waals surface area (Å²) in [6.45, 7) is 0. The molecule has 0 radical (unpaired) electrons. The van der Waals surface area contributed by atoms with Gasteiger partial charge < -0.3 is 10.2 Å². The lowest BCUT2D eigenvalue weighted by Crippen LogP contribution is -2.62. The number of Topliss-reactive ketones (excluding diaryl/α,β-unsaturated/α-hetero) is 1. The van der Waals surface area contributed by atoms with Crippen molar-refractivity contribution in [1.82, 2.24) is 0 Å². The highest BCUT2D eigenvalue weighted by Gasteiger charge is 2.66. The number of hydrogen-bond acceptors (Lipinski definition) is 3. The van der Waals surface area contributed by atoms with Crippen molar-refractivity contribution >= 4 is 11.8 Å². The Labute approximate surface area is 171 Å². The number of aryl methyl sites for hydroxylation is 1. The van der Waals surface area contributed by atoms with Crippen molar-refractivity contribution in [1.29, 1.82) is 0 Å². The van der Waals surface area contributed by atoms with E-state index in [9.17, 15) is 33.0 Å². The molecule has 1 saturated carbocycles. The van der Waals surface area contributed by atoms with Gasteiger partial charge in [0.1, 0.15) is 0 Å². The van der Waals surface area contributed by atoms with Crippen LogP contribution < -0.4 is 0 Å². The van der Waals surface area contributed by atoms with Gasteiger partial charge in [-0.05, 0) is 60.4 Å². The zero-order valence-electron chi connectivity index (χ0n) is 16.1. The Morgan fingerprint density at radius 2 is 1.83 bits per heavy atom. The van der Waals surface area contributed by atoms with Crippen molar-refractivity contribution in [3.05, 3.63) is 70.8 Å². The van der Waals surface area contributed by atoms with E-state index in [1.165, 1.54) is 6.07 Å². The first-order valence-electron chi connectivity index (χ1n) is 9.80. The van der Waals surface area contributed by atoms with Crippen LogP contribution in [0.25, 0.3) is 0 Å². The molecular weight excluding hydrogens is 397 g/mol. The first kappa shape index (κ1) is 20.6. The maximum atomic E-state index is 13.6. The summed E-state index contributed by atoms with van der Waals surface area (Å²) in [4.78, 5) is 24.1. The van der Waals surface area contributed by atoms with Gasteiger partial charge in [0.05, 0.1) is 5.56 Å². The van der Waals surface area contributed by atoms with Gasteiger partial charge in [0.15, 0.2) is 5.78 Å². The number of fused-ring (bicyclic) bond motifs is 3. The smallest absolute Gasteiger partial charge is 0.424 e. The number of alkyl halides is 3. The highest BCUT2D eigenvalue weighted by molar-refractivity contribution is 5.91. The second kappa shape index (κ2) is 6.94. The van der Waals surface area contributed by atoms with Gasteiger partial charge in [-0.25, -0.2) is 4.79 Å². The number of benzene rings is 2. The van der Waals surface area contributed by atoms with Crippen molar-refractivity contribution in [3.63, 3.8) is 0 Å². The van der Waals surface area contributed by atoms with E-state index in [0.717, 1.165) is 11.1 Å². The maximum Gasteiger partial charge on any atom is 0.424 e. The summed E-state index contributed by atoms with van der Waals surface area (Å²) in [5.74, 6) is -2.87. The van der Waals surface area contributed by atoms with Crippen molar-refractivity contribution < 1.29 is 33.0 Å². The number of carboxylic acids is 1. The molecule has 0 amide bonds. The summed E-state index contributed by atoms with van der Waals surface area (Å²) in [6, 6.07) is 13.8. The standard InChI is InChI=1S/C23H21F3O4/c24-23(25,26)22(30)12-17-8-6-15-10-16(20(28)29)7-9-18(15)21(17,13-19(22)27)11-14-4-2-1-3-5-14/h1-5,7,9-10,17,30H,6,8,11-13H2,(H,28,29). The zero-order valence-corrected chi connectivity index (χ0v) is 16.1. The van der Waals surface area contributed by atoms with Crippen LogP contribution in [0, 0.1) is 5.92 Å². The minimum atomic E-state index is -5.03. The minimum Gasteiger partial charge on any atom is -0.478 e. The van der Waals surface area contributed by atoms with Crippen LogP contribution in [0.5, 0.6) is 0 Å².